The number of phenols is 2. The zero-order valence-electron chi connectivity index (χ0n) is 19.7. The molecule has 2 aromatic rings. The van der Waals surface area contributed by atoms with Gasteiger partial charge in [0.05, 0.1) is 31.1 Å². The van der Waals surface area contributed by atoms with Gasteiger partial charge in [-0.3, -0.25) is 4.99 Å². The third-order valence-electron chi connectivity index (χ3n) is 6.84. The molecule has 0 saturated carbocycles. The fourth-order valence-corrected chi connectivity index (χ4v) is 5.07. The fourth-order valence-electron chi connectivity index (χ4n) is 5.07. The molecule has 12 heteroatoms. The van der Waals surface area contributed by atoms with Crippen LogP contribution in [0, 0.1) is 0 Å². The number of carboxylic acid groups (broad SMARTS) is 1. The number of nitrogens with zero attached hydrogens (tertiary/aromatic N) is 1. The SMILES string of the molecule is CC(O)C(N=C1c2c(O)cccc2C([C@@H]2O[C@H](CO)[C@@H](O)[C@H](O)[C@H]2O)c2cc(CO)cc(O)c21)C(=O)O. The molecular weight excluding hydrogens is 490 g/mol. The summed E-state index contributed by atoms with van der Waals surface area (Å²) in [7, 11) is 0. The third kappa shape index (κ3) is 4.57. The molecule has 1 saturated heterocycles. The number of aromatic hydroxyl groups is 2. The van der Waals surface area contributed by atoms with Gasteiger partial charge in [-0.25, -0.2) is 4.79 Å². The Hall–Kier alpha value is -3.10. The predicted octanol–water partition coefficient (Wildman–Crippen LogP) is -1.45. The van der Waals surface area contributed by atoms with Crippen LogP contribution in [0.3, 0.4) is 0 Å². The minimum atomic E-state index is -1.71. The molecule has 0 bridgehead atoms. The molecule has 200 valence electrons. The fraction of sp³-hybridized carbons (Fsp3) is 0.440. The van der Waals surface area contributed by atoms with E-state index in [1.54, 1.807) is 6.07 Å². The van der Waals surface area contributed by atoms with Crippen molar-refractivity contribution in [3.63, 3.8) is 0 Å². The van der Waals surface area contributed by atoms with Crippen LogP contribution in [0.25, 0.3) is 0 Å². The average Bonchev–Trinajstić information content (AvgIpc) is 2.85. The highest BCUT2D eigenvalue weighted by Crippen LogP contribution is 2.48. The zero-order chi connectivity index (χ0) is 27.2. The standard InChI is InChI=1S/C25H29NO11/c1-9(29)19(25(35)36)26-20-17-11(3-2-4-13(17)30)16(12-5-10(7-27)6-14(31)18(12)20)24-23(34)22(33)21(32)15(8-28)37-24/h2-6,9,15-16,19,21-24,27-34H,7-8H2,1H3,(H,35,36)/t9?,15-,16?,19?,21-,22+,23-,24+/m1/s1. The van der Waals surface area contributed by atoms with Gasteiger partial charge >= 0.3 is 5.97 Å². The van der Waals surface area contributed by atoms with Crippen LogP contribution < -0.4 is 0 Å². The first-order valence-corrected chi connectivity index (χ1v) is 11.6. The van der Waals surface area contributed by atoms with E-state index in [4.69, 9.17) is 4.74 Å². The highest BCUT2D eigenvalue weighted by atomic mass is 16.5. The zero-order valence-corrected chi connectivity index (χ0v) is 19.7. The second kappa shape index (κ2) is 10.3. The van der Waals surface area contributed by atoms with Gasteiger partial charge in [-0.2, -0.15) is 0 Å². The smallest absolute Gasteiger partial charge is 0.331 e. The van der Waals surface area contributed by atoms with Crippen molar-refractivity contribution in [2.24, 2.45) is 4.99 Å². The molecule has 1 fully saturated rings. The summed E-state index contributed by atoms with van der Waals surface area (Å²) >= 11 is 0. The molecule has 37 heavy (non-hydrogen) atoms. The molecule has 0 spiro atoms. The molecule has 0 aromatic heterocycles. The number of benzene rings is 2. The van der Waals surface area contributed by atoms with E-state index in [0.717, 1.165) is 0 Å². The van der Waals surface area contributed by atoms with Crippen molar-refractivity contribution in [3.8, 4) is 11.5 Å². The lowest BCUT2D eigenvalue weighted by atomic mass is 9.71. The molecule has 3 unspecified atom stereocenters. The number of phenolic OH excluding ortho intramolecular Hbond substituents is 2. The molecular formula is C25H29NO11. The lowest BCUT2D eigenvalue weighted by Crippen LogP contribution is -2.60. The summed E-state index contributed by atoms with van der Waals surface area (Å²) in [6, 6.07) is 5.36. The van der Waals surface area contributed by atoms with Crippen LogP contribution in [0.15, 0.2) is 35.3 Å². The average molecular weight is 520 g/mol. The van der Waals surface area contributed by atoms with Gasteiger partial charge in [0, 0.05) is 17.0 Å². The molecule has 2 aromatic carbocycles. The maximum absolute atomic E-state index is 11.8. The Morgan fingerprint density at radius 3 is 2.27 bits per heavy atom. The van der Waals surface area contributed by atoms with Crippen LogP contribution >= 0.6 is 0 Å². The van der Waals surface area contributed by atoms with E-state index < -0.39 is 73.5 Å². The molecule has 1 heterocycles. The van der Waals surface area contributed by atoms with Gasteiger partial charge in [0.1, 0.15) is 35.9 Å². The number of hydrogen-bond donors (Lipinski definition) is 9. The van der Waals surface area contributed by atoms with Crippen molar-refractivity contribution < 1.29 is 55.5 Å². The van der Waals surface area contributed by atoms with E-state index >= 15 is 0 Å². The lowest BCUT2D eigenvalue weighted by molar-refractivity contribution is -0.232. The molecule has 0 radical (unpaired) electrons. The van der Waals surface area contributed by atoms with Crippen LogP contribution in [-0.4, -0.2) is 107 Å². The Balaban J connectivity index is 2.04. The van der Waals surface area contributed by atoms with E-state index in [1.807, 2.05) is 0 Å². The van der Waals surface area contributed by atoms with E-state index in [-0.39, 0.29) is 39.3 Å². The first-order valence-electron chi connectivity index (χ1n) is 11.6. The molecule has 0 amide bonds. The Bertz CT molecular complexity index is 1210. The van der Waals surface area contributed by atoms with Crippen LogP contribution in [0.5, 0.6) is 11.5 Å². The van der Waals surface area contributed by atoms with Crippen LogP contribution in [0.4, 0.5) is 0 Å². The monoisotopic (exact) mass is 519 g/mol. The Kier molecular flexibility index (Phi) is 7.53. The molecule has 2 aliphatic rings. The second-order valence-electron chi connectivity index (χ2n) is 9.25. The minimum Gasteiger partial charge on any atom is -0.507 e. The van der Waals surface area contributed by atoms with Crippen molar-refractivity contribution in [1.29, 1.82) is 0 Å². The molecule has 1 aliphatic carbocycles. The van der Waals surface area contributed by atoms with Gasteiger partial charge in [-0.05, 0) is 35.7 Å². The summed E-state index contributed by atoms with van der Waals surface area (Å²) in [5.74, 6) is -3.28. The van der Waals surface area contributed by atoms with Crippen molar-refractivity contribution in [1.82, 2.24) is 0 Å². The first kappa shape index (κ1) is 26.9. The summed E-state index contributed by atoms with van der Waals surface area (Å²) in [6.45, 7) is 0.0497. The Labute approximate surface area is 211 Å². The molecule has 9 N–H and O–H groups in total. The Morgan fingerprint density at radius 1 is 1.00 bits per heavy atom. The van der Waals surface area contributed by atoms with Gasteiger partial charge in [0.15, 0.2) is 6.04 Å². The summed E-state index contributed by atoms with van der Waals surface area (Å²) in [5, 5.41) is 92.7. The highest BCUT2D eigenvalue weighted by Gasteiger charge is 2.50. The summed E-state index contributed by atoms with van der Waals surface area (Å²) in [4.78, 5) is 16.0. The van der Waals surface area contributed by atoms with Crippen molar-refractivity contribution in [3.05, 3.63) is 58.1 Å². The molecule has 12 nitrogen and oxygen atoms in total. The number of aliphatic imine (C=N–C) groups is 1. The normalized spacial score (nSPS) is 29.9. The van der Waals surface area contributed by atoms with Crippen molar-refractivity contribution >= 4 is 11.7 Å². The van der Waals surface area contributed by atoms with Gasteiger partial charge in [0.2, 0.25) is 0 Å². The summed E-state index contributed by atoms with van der Waals surface area (Å²) < 4.78 is 5.82. The van der Waals surface area contributed by atoms with E-state index in [1.165, 1.54) is 31.2 Å². The van der Waals surface area contributed by atoms with Crippen LogP contribution in [-0.2, 0) is 16.1 Å². The minimum absolute atomic E-state index is 0.00379. The number of aliphatic hydroxyl groups is 6. The topological polar surface area (TPSA) is 221 Å². The summed E-state index contributed by atoms with van der Waals surface area (Å²) in [6.07, 6.45) is -9.03. The number of carboxylic acids is 1. The van der Waals surface area contributed by atoms with Gasteiger partial charge in [0.25, 0.3) is 0 Å². The quantitative estimate of drug-likeness (QED) is 0.215. The van der Waals surface area contributed by atoms with Gasteiger partial charge in [-0.15, -0.1) is 0 Å². The maximum atomic E-state index is 11.8. The maximum Gasteiger partial charge on any atom is 0.331 e. The Morgan fingerprint density at radius 2 is 1.68 bits per heavy atom. The molecule has 8 atom stereocenters. The second-order valence-corrected chi connectivity index (χ2v) is 9.25. The molecule has 4 rings (SSSR count). The van der Waals surface area contributed by atoms with Crippen molar-refractivity contribution in [2.75, 3.05) is 6.61 Å². The largest absolute Gasteiger partial charge is 0.507 e. The van der Waals surface area contributed by atoms with Crippen LogP contribution in [0.2, 0.25) is 0 Å². The lowest BCUT2D eigenvalue weighted by Gasteiger charge is -2.45. The van der Waals surface area contributed by atoms with E-state index in [0.29, 0.717) is 0 Å². The number of rotatable bonds is 6. The number of carbonyl (C=O) groups is 1. The van der Waals surface area contributed by atoms with Crippen molar-refractivity contribution in [2.45, 2.75) is 62.1 Å². The number of hydrogen-bond acceptors (Lipinski definition) is 11. The number of aliphatic carboxylic acids is 1. The number of aliphatic hydroxyl groups excluding tert-OH is 6. The van der Waals surface area contributed by atoms with E-state index in [2.05, 4.69) is 4.99 Å². The van der Waals surface area contributed by atoms with Gasteiger partial charge < -0.3 is 50.7 Å². The highest BCUT2D eigenvalue weighted by molar-refractivity contribution is 6.19. The van der Waals surface area contributed by atoms with Gasteiger partial charge in [-0.1, -0.05) is 18.2 Å². The predicted molar refractivity (Wildman–Crippen MR) is 126 cm³/mol. The number of ether oxygens (including phenoxy) is 1. The number of fused-ring (bicyclic) bond motifs is 2. The van der Waals surface area contributed by atoms with Crippen LogP contribution in [0.1, 0.15) is 40.7 Å². The first-order chi connectivity index (χ1) is 17.5. The third-order valence-corrected chi connectivity index (χ3v) is 6.84. The van der Waals surface area contributed by atoms with E-state index in [9.17, 15) is 50.8 Å². The molecule has 1 aliphatic heterocycles. The summed E-state index contributed by atoms with van der Waals surface area (Å²) in [5.41, 5.74) is 0.522.